The molecular weight excluding hydrogens is 581 g/mol. The molecule has 41 heavy (non-hydrogen) atoms. The zero-order chi connectivity index (χ0) is 30.2. The first-order chi connectivity index (χ1) is 19.5. The number of halogens is 2. The molecule has 1 N–H and O–H groups in total. The van der Waals surface area contributed by atoms with E-state index >= 15 is 0 Å². The highest BCUT2D eigenvalue weighted by atomic mass is 35.5. The van der Waals surface area contributed by atoms with Crippen LogP contribution in [0, 0.1) is 6.92 Å². The Morgan fingerprint density at radius 1 is 0.951 bits per heavy atom. The number of hydrogen-bond donors (Lipinski definition) is 1. The van der Waals surface area contributed by atoms with Gasteiger partial charge >= 0.3 is 0 Å². The predicted octanol–water partition coefficient (Wildman–Crippen LogP) is 6.39. The number of unbranched alkanes of at least 4 members (excludes halogenated alkanes) is 1. The van der Waals surface area contributed by atoms with Crippen LogP contribution in [0.4, 0.5) is 5.69 Å². The summed E-state index contributed by atoms with van der Waals surface area (Å²) in [5, 5.41) is 3.56. The molecule has 0 aliphatic rings. The third-order valence-electron chi connectivity index (χ3n) is 6.86. The molecule has 3 aromatic rings. The number of para-hydroxylation sites is 1. The van der Waals surface area contributed by atoms with Crippen LogP contribution in [-0.2, 0) is 32.6 Å². The van der Waals surface area contributed by atoms with Gasteiger partial charge in [0.25, 0.3) is 10.0 Å². The average Bonchev–Trinajstić information content (AvgIpc) is 2.96. The maximum Gasteiger partial charge on any atom is 0.264 e. The summed E-state index contributed by atoms with van der Waals surface area (Å²) < 4.78 is 29.2. The van der Waals surface area contributed by atoms with Gasteiger partial charge in [0.05, 0.1) is 20.6 Å². The molecule has 1 atom stereocenters. The average molecular weight is 619 g/mol. The lowest BCUT2D eigenvalue weighted by molar-refractivity contribution is -0.139. The fourth-order valence-corrected chi connectivity index (χ4v) is 6.13. The molecule has 0 aliphatic carbocycles. The van der Waals surface area contributed by atoms with Gasteiger partial charge in [-0.15, -0.1) is 0 Å². The summed E-state index contributed by atoms with van der Waals surface area (Å²) in [6.07, 6.45) is 2.27. The second-order valence-electron chi connectivity index (χ2n) is 9.90. The SMILES string of the molecule is CCCCNC(=O)[C@H](C)N(Cc1ccc(Cl)c(Cl)c1)C(=O)CN(c1ccccc1CC)S(=O)(=O)c1ccc(C)cc1. The van der Waals surface area contributed by atoms with Crippen molar-refractivity contribution < 1.29 is 18.0 Å². The summed E-state index contributed by atoms with van der Waals surface area (Å²) in [6, 6.07) is 17.7. The molecule has 10 heteroatoms. The number of nitrogens with zero attached hydrogens (tertiary/aromatic N) is 2. The second-order valence-corrected chi connectivity index (χ2v) is 12.6. The largest absolute Gasteiger partial charge is 0.354 e. The molecule has 0 fully saturated rings. The Kier molecular flexibility index (Phi) is 11.6. The van der Waals surface area contributed by atoms with E-state index in [2.05, 4.69) is 5.32 Å². The van der Waals surface area contributed by atoms with Gasteiger partial charge in [0.2, 0.25) is 11.8 Å². The van der Waals surface area contributed by atoms with Gasteiger partial charge in [-0.05, 0) is 68.1 Å². The highest BCUT2D eigenvalue weighted by Crippen LogP contribution is 2.29. The van der Waals surface area contributed by atoms with Crippen molar-refractivity contribution in [2.24, 2.45) is 0 Å². The lowest BCUT2D eigenvalue weighted by atomic mass is 10.1. The third-order valence-corrected chi connectivity index (χ3v) is 9.38. The molecule has 3 aromatic carbocycles. The molecule has 0 saturated carbocycles. The van der Waals surface area contributed by atoms with Crippen molar-refractivity contribution in [3.8, 4) is 0 Å². The molecule has 0 heterocycles. The molecule has 3 rings (SSSR count). The smallest absolute Gasteiger partial charge is 0.264 e. The summed E-state index contributed by atoms with van der Waals surface area (Å²) in [7, 11) is -4.13. The first kappa shape index (κ1) is 32.4. The van der Waals surface area contributed by atoms with Crippen LogP contribution in [0.5, 0.6) is 0 Å². The molecule has 0 aliphatic heterocycles. The summed E-state index contributed by atoms with van der Waals surface area (Å²) in [4.78, 5) is 28.6. The Balaban J connectivity index is 2.05. The van der Waals surface area contributed by atoms with Gasteiger partial charge in [-0.25, -0.2) is 8.42 Å². The van der Waals surface area contributed by atoms with Crippen LogP contribution in [0.1, 0.15) is 50.3 Å². The fourth-order valence-electron chi connectivity index (χ4n) is 4.36. The van der Waals surface area contributed by atoms with Crippen LogP contribution in [-0.4, -0.2) is 44.3 Å². The minimum absolute atomic E-state index is 0.0337. The minimum Gasteiger partial charge on any atom is -0.354 e. The van der Waals surface area contributed by atoms with E-state index in [0.717, 1.165) is 28.3 Å². The van der Waals surface area contributed by atoms with Gasteiger partial charge < -0.3 is 10.2 Å². The summed E-state index contributed by atoms with van der Waals surface area (Å²) >= 11 is 12.3. The lowest BCUT2D eigenvalue weighted by Crippen LogP contribution is -2.51. The zero-order valence-electron chi connectivity index (χ0n) is 23.9. The van der Waals surface area contributed by atoms with Crippen molar-refractivity contribution >= 4 is 50.7 Å². The number of anilines is 1. The standard InChI is InChI=1S/C31H37Cl2N3O4S/c1-5-7-18-34-31(38)23(4)35(20-24-14-17-27(32)28(33)19-24)30(37)21-36(29-11-9-8-10-25(29)6-2)41(39,40)26-15-12-22(3)13-16-26/h8-17,19,23H,5-7,18,20-21H2,1-4H3,(H,34,38)/t23-/m0/s1. The first-order valence-corrected chi connectivity index (χ1v) is 15.9. The van der Waals surface area contributed by atoms with Crippen molar-refractivity contribution in [1.29, 1.82) is 0 Å². The quantitative estimate of drug-likeness (QED) is 0.225. The van der Waals surface area contributed by atoms with Crippen LogP contribution < -0.4 is 9.62 Å². The van der Waals surface area contributed by atoms with Crippen LogP contribution in [0.15, 0.2) is 71.6 Å². The third kappa shape index (κ3) is 8.24. The fraction of sp³-hybridized carbons (Fsp3) is 0.355. The minimum atomic E-state index is -4.13. The Hall–Kier alpha value is -3.07. The molecule has 220 valence electrons. The molecule has 0 bridgehead atoms. The van der Waals surface area contributed by atoms with Crippen LogP contribution >= 0.6 is 23.2 Å². The number of sulfonamides is 1. The van der Waals surface area contributed by atoms with Gasteiger partial charge in [0.1, 0.15) is 12.6 Å². The molecule has 7 nitrogen and oxygen atoms in total. The summed E-state index contributed by atoms with van der Waals surface area (Å²) in [5.74, 6) is -0.857. The number of hydrogen-bond acceptors (Lipinski definition) is 4. The van der Waals surface area contributed by atoms with Crippen LogP contribution in [0.25, 0.3) is 0 Å². The van der Waals surface area contributed by atoms with Crippen molar-refractivity contribution in [2.75, 3.05) is 17.4 Å². The van der Waals surface area contributed by atoms with E-state index in [1.165, 1.54) is 17.0 Å². The normalized spacial score (nSPS) is 12.0. The van der Waals surface area contributed by atoms with Crippen molar-refractivity contribution in [3.63, 3.8) is 0 Å². The Morgan fingerprint density at radius 2 is 1.63 bits per heavy atom. The van der Waals surface area contributed by atoms with Crippen molar-refractivity contribution in [2.45, 2.75) is 64.4 Å². The van der Waals surface area contributed by atoms with Gasteiger partial charge in [0.15, 0.2) is 0 Å². The Morgan fingerprint density at radius 3 is 2.27 bits per heavy atom. The van der Waals surface area contributed by atoms with E-state index < -0.39 is 28.5 Å². The number of aryl methyl sites for hydroxylation is 2. The topological polar surface area (TPSA) is 86.8 Å². The lowest BCUT2D eigenvalue weighted by Gasteiger charge is -2.32. The van der Waals surface area contributed by atoms with E-state index in [1.807, 2.05) is 32.9 Å². The van der Waals surface area contributed by atoms with Gasteiger partial charge in [0, 0.05) is 13.1 Å². The maximum absolute atomic E-state index is 14.1. The van der Waals surface area contributed by atoms with Crippen LogP contribution in [0.3, 0.4) is 0 Å². The second kappa shape index (κ2) is 14.7. The summed E-state index contributed by atoms with van der Waals surface area (Å²) in [6.45, 7) is 7.47. The highest BCUT2D eigenvalue weighted by molar-refractivity contribution is 7.92. The van der Waals surface area contributed by atoms with Crippen molar-refractivity contribution in [1.82, 2.24) is 10.2 Å². The summed E-state index contributed by atoms with van der Waals surface area (Å²) in [5.41, 5.74) is 2.76. The molecule has 0 spiro atoms. The molecule has 0 aromatic heterocycles. The maximum atomic E-state index is 14.1. The number of carbonyl (C=O) groups is 2. The van der Waals surface area contributed by atoms with Crippen LogP contribution in [0.2, 0.25) is 10.0 Å². The molecular formula is C31H37Cl2N3O4S. The molecule has 0 radical (unpaired) electrons. The predicted molar refractivity (Wildman–Crippen MR) is 166 cm³/mol. The van der Waals surface area contributed by atoms with E-state index in [9.17, 15) is 18.0 Å². The first-order valence-electron chi connectivity index (χ1n) is 13.7. The Labute approximate surface area is 253 Å². The highest BCUT2D eigenvalue weighted by Gasteiger charge is 2.33. The Bertz CT molecular complexity index is 1460. The molecule has 0 unspecified atom stereocenters. The zero-order valence-corrected chi connectivity index (χ0v) is 26.2. The van der Waals surface area contributed by atoms with Gasteiger partial charge in [-0.1, -0.05) is 85.4 Å². The van der Waals surface area contributed by atoms with E-state index in [1.54, 1.807) is 49.4 Å². The van der Waals surface area contributed by atoms with Gasteiger partial charge in [-0.2, -0.15) is 0 Å². The van der Waals surface area contributed by atoms with E-state index in [0.29, 0.717) is 34.3 Å². The number of benzene rings is 3. The van der Waals surface area contributed by atoms with Gasteiger partial charge in [-0.3, -0.25) is 13.9 Å². The monoisotopic (exact) mass is 617 g/mol. The number of nitrogens with one attached hydrogen (secondary N) is 1. The molecule has 0 saturated heterocycles. The molecule has 2 amide bonds. The number of rotatable bonds is 13. The van der Waals surface area contributed by atoms with E-state index in [4.69, 9.17) is 23.2 Å². The number of carbonyl (C=O) groups excluding carboxylic acids is 2. The van der Waals surface area contributed by atoms with Crippen molar-refractivity contribution in [3.05, 3.63) is 93.5 Å². The van der Waals surface area contributed by atoms with E-state index in [-0.39, 0.29) is 17.3 Å². The number of amides is 2.